The predicted octanol–water partition coefficient (Wildman–Crippen LogP) is 6.93. The normalized spacial score (nSPS) is 62.5. The topological polar surface area (TPSA) is 100 Å². The van der Waals surface area contributed by atoms with Gasteiger partial charge < -0.3 is 37.9 Å². The minimum absolute atomic E-state index is 0.229. The predicted molar refractivity (Wildman–Crippen MR) is 180 cm³/mol. The zero-order chi connectivity index (χ0) is 33.6. The SMILES string of the molecule is C[C@@]1([C@H]2CC[C@]3(C)O[C@@H]3C2)CO1.C[C@@]12CC[C@H]([C@@]3(C)CO3)CC1O2.C[C@@]12CC[C@H]([C@]3(C)CO3)CC1O2.C[C@]1([C@H]2CC[C@]3(C)O[C@@H]3C2)CO1. The summed E-state index contributed by atoms with van der Waals surface area (Å²) in [4.78, 5) is 0. The van der Waals surface area contributed by atoms with Crippen LogP contribution in [0.1, 0.15) is 132 Å². The van der Waals surface area contributed by atoms with Crippen LogP contribution in [0.5, 0.6) is 0 Å². The Morgan fingerprint density at radius 1 is 0.312 bits per heavy atom. The van der Waals surface area contributed by atoms with Crippen LogP contribution in [0.25, 0.3) is 0 Å². The highest BCUT2D eigenvalue weighted by atomic mass is 16.6. The van der Waals surface area contributed by atoms with Gasteiger partial charge in [0.15, 0.2) is 0 Å². The molecule has 4 aliphatic carbocycles. The second-order valence-electron chi connectivity index (χ2n) is 20.0. The van der Waals surface area contributed by atoms with Gasteiger partial charge in [-0.3, -0.25) is 0 Å². The van der Waals surface area contributed by atoms with Gasteiger partial charge in [0, 0.05) is 0 Å². The van der Waals surface area contributed by atoms with Crippen LogP contribution in [0.3, 0.4) is 0 Å². The first-order valence-electron chi connectivity index (χ1n) is 19.8. The van der Waals surface area contributed by atoms with Crippen LogP contribution in [0.4, 0.5) is 0 Å². The molecule has 0 radical (unpaired) electrons. The van der Waals surface area contributed by atoms with Gasteiger partial charge in [-0.05, 0) is 156 Å². The van der Waals surface area contributed by atoms with Crippen LogP contribution in [0.15, 0.2) is 0 Å². The first-order valence-corrected chi connectivity index (χ1v) is 19.8. The Hall–Kier alpha value is -0.320. The van der Waals surface area contributed by atoms with Crippen LogP contribution in [0, 0.1) is 23.7 Å². The van der Waals surface area contributed by atoms with Gasteiger partial charge in [0.2, 0.25) is 0 Å². The fourth-order valence-corrected chi connectivity index (χ4v) is 10.2. The standard InChI is InChI=1S/4C10H16O2/c4*1-9-4-3-7(5-8(9)12-9)10(2)6-11-10/h4*7-8H,3-6H2,1-2H3/t7-,8?,9+,10+;7-,8?,9+,10-;7-,8+,9-,10+;7-,8+,9-,10-/m0000/s1. The number of fused-ring (bicyclic) bond motifs is 4. The lowest BCUT2D eigenvalue weighted by Gasteiger charge is -2.25. The summed E-state index contributed by atoms with van der Waals surface area (Å²) in [6, 6.07) is 0. The summed E-state index contributed by atoms with van der Waals surface area (Å²) < 4.78 is 44.6. The second-order valence-corrected chi connectivity index (χ2v) is 20.0. The smallest absolute Gasteiger partial charge is 0.0920 e. The average Bonchev–Trinajstić information content (AvgIpc) is 3.79. The maximum absolute atomic E-state index is 5.66. The molecule has 0 aromatic carbocycles. The second kappa shape index (κ2) is 10.6. The molecule has 8 heterocycles. The molecule has 8 nitrogen and oxygen atoms in total. The van der Waals surface area contributed by atoms with Crippen molar-refractivity contribution in [2.24, 2.45) is 23.7 Å². The molecule has 4 saturated carbocycles. The molecule has 0 amide bonds. The van der Waals surface area contributed by atoms with E-state index >= 15 is 0 Å². The van der Waals surface area contributed by atoms with Gasteiger partial charge in [-0.25, -0.2) is 0 Å². The molecule has 12 fully saturated rings. The van der Waals surface area contributed by atoms with Crippen molar-refractivity contribution < 1.29 is 37.9 Å². The molecule has 12 aliphatic rings. The molecule has 8 heteroatoms. The minimum Gasteiger partial charge on any atom is -0.370 e. The van der Waals surface area contributed by atoms with Crippen molar-refractivity contribution in [2.75, 3.05) is 26.4 Å². The van der Waals surface area contributed by atoms with Crippen LogP contribution in [0.2, 0.25) is 0 Å². The Kier molecular flexibility index (Phi) is 7.43. The minimum atomic E-state index is 0.229. The molecule has 48 heavy (non-hydrogen) atoms. The van der Waals surface area contributed by atoms with E-state index in [1.54, 1.807) is 0 Å². The number of epoxide rings is 8. The largest absolute Gasteiger partial charge is 0.370 e. The molecule has 272 valence electrons. The fraction of sp³-hybridized carbons (Fsp3) is 1.00. The van der Waals surface area contributed by atoms with E-state index in [0.717, 1.165) is 50.1 Å². The summed E-state index contributed by atoms with van der Waals surface area (Å²) in [6.07, 6.45) is 17.3. The first kappa shape index (κ1) is 33.5. The third kappa shape index (κ3) is 6.37. The van der Waals surface area contributed by atoms with Gasteiger partial charge in [-0.1, -0.05) is 0 Å². The zero-order valence-electron chi connectivity index (χ0n) is 31.2. The lowest BCUT2D eigenvalue weighted by atomic mass is 9.77. The Bertz CT molecular complexity index is 1080. The van der Waals surface area contributed by atoms with Crippen molar-refractivity contribution in [3.05, 3.63) is 0 Å². The number of rotatable bonds is 4. The third-order valence-electron chi connectivity index (χ3n) is 15.9. The first-order chi connectivity index (χ1) is 22.5. The molecular weight excluding hydrogens is 608 g/mol. The van der Waals surface area contributed by atoms with Gasteiger partial charge >= 0.3 is 0 Å². The highest BCUT2D eigenvalue weighted by Gasteiger charge is 2.63. The average molecular weight is 673 g/mol. The van der Waals surface area contributed by atoms with Gasteiger partial charge in [-0.2, -0.15) is 0 Å². The lowest BCUT2D eigenvalue weighted by molar-refractivity contribution is 0.191. The molecule has 2 unspecified atom stereocenters. The summed E-state index contributed by atoms with van der Waals surface area (Å²) in [5.41, 5.74) is 1.98. The molecule has 8 aliphatic heterocycles. The van der Waals surface area contributed by atoms with E-state index in [9.17, 15) is 0 Å². The molecule has 0 bridgehead atoms. The molecule has 0 N–H and O–H groups in total. The van der Waals surface area contributed by atoms with Crippen LogP contribution in [-0.2, 0) is 37.9 Å². The van der Waals surface area contributed by atoms with Crippen molar-refractivity contribution >= 4 is 0 Å². The van der Waals surface area contributed by atoms with E-state index in [-0.39, 0.29) is 44.8 Å². The van der Waals surface area contributed by atoms with Crippen LogP contribution in [-0.4, -0.2) is 95.7 Å². The molecule has 12 rings (SSSR count). The molecule has 0 aromatic heterocycles. The zero-order valence-corrected chi connectivity index (χ0v) is 31.2. The summed E-state index contributed by atoms with van der Waals surface area (Å²) >= 11 is 0. The van der Waals surface area contributed by atoms with E-state index in [2.05, 4.69) is 55.4 Å². The highest BCUT2D eigenvalue weighted by Crippen LogP contribution is 2.57. The maximum Gasteiger partial charge on any atom is 0.0920 e. The summed E-state index contributed by atoms with van der Waals surface area (Å²) in [5, 5.41) is 0. The van der Waals surface area contributed by atoms with Crippen LogP contribution >= 0.6 is 0 Å². The molecular formula is C40H64O8. The van der Waals surface area contributed by atoms with Gasteiger partial charge in [-0.15, -0.1) is 0 Å². The van der Waals surface area contributed by atoms with E-state index in [1.807, 2.05) is 0 Å². The van der Waals surface area contributed by atoms with E-state index < -0.39 is 0 Å². The molecule has 8 saturated heterocycles. The number of hydrogen-bond acceptors (Lipinski definition) is 8. The third-order valence-corrected chi connectivity index (χ3v) is 15.9. The summed E-state index contributed by atoms with van der Waals surface area (Å²) in [7, 11) is 0. The van der Waals surface area contributed by atoms with Crippen molar-refractivity contribution in [2.45, 2.75) is 202 Å². The van der Waals surface area contributed by atoms with Gasteiger partial charge in [0.05, 0.1) is 95.7 Å². The van der Waals surface area contributed by atoms with Crippen molar-refractivity contribution in [1.82, 2.24) is 0 Å². The fourth-order valence-electron chi connectivity index (χ4n) is 10.2. The molecule has 0 aromatic rings. The Morgan fingerprint density at radius 2 is 0.500 bits per heavy atom. The van der Waals surface area contributed by atoms with E-state index in [1.165, 1.54) is 77.0 Å². The monoisotopic (exact) mass is 672 g/mol. The van der Waals surface area contributed by atoms with Gasteiger partial charge in [0.25, 0.3) is 0 Å². The summed E-state index contributed by atoms with van der Waals surface area (Å²) in [5.74, 6) is 3.05. The van der Waals surface area contributed by atoms with E-state index in [4.69, 9.17) is 37.9 Å². The summed E-state index contributed by atoms with van der Waals surface area (Å²) in [6.45, 7) is 21.8. The number of ether oxygens (including phenoxy) is 8. The van der Waals surface area contributed by atoms with Crippen LogP contribution < -0.4 is 0 Å². The molecule has 0 spiro atoms. The Morgan fingerprint density at radius 3 is 0.646 bits per heavy atom. The maximum atomic E-state index is 5.66. The lowest BCUT2D eigenvalue weighted by Crippen LogP contribution is -2.29. The Labute approximate surface area is 289 Å². The van der Waals surface area contributed by atoms with Gasteiger partial charge in [0.1, 0.15) is 0 Å². The highest BCUT2D eigenvalue weighted by molar-refractivity contribution is 5.11. The molecule has 16 atom stereocenters. The van der Waals surface area contributed by atoms with Crippen molar-refractivity contribution in [3.63, 3.8) is 0 Å². The number of hydrogen-bond donors (Lipinski definition) is 0. The quantitative estimate of drug-likeness (QED) is 0.297. The Balaban J connectivity index is 0.0000000871. The van der Waals surface area contributed by atoms with E-state index in [0.29, 0.717) is 24.4 Å². The van der Waals surface area contributed by atoms with Crippen molar-refractivity contribution in [1.29, 1.82) is 0 Å². The van der Waals surface area contributed by atoms with Crippen molar-refractivity contribution in [3.8, 4) is 0 Å².